The summed E-state index contributed by atoms with van der Waals surface area (Å²) in [5.74, 6) is 0. The van der Waals surface area contributed by atoms with Crippen LogP contribution in [0.3, 0.4) is 0 Å². The van der Waals surface area contributed by atoms with Gasteiger partial charge in [-0.15, -0.1) is 0 Å². The van der Waals surface area contributed by atoms with Crippen LogP contribution in [0.25, 0.3) is 77.3 Å². The molecule has 0 saturated carbocycles. The van der Waals surface area contributed by atoms with Crippen LogP contribution in [0.1, 0.15) is 22.3 Å². The van der Waals surface area contributed by atoms with Gasteiger partial charge in [-0.2, -0.15) is 0 Å². The van der Waals surface area contributed by atoms with Crippen LogP contribution in [0, 0.1) is 0 Å². The van der Waals surface area contributed by atoms with Gasteiger partial charge in [0.1, 0.15) is 16.7 Å². The van der Waals surface area contributed by atoms with E-state index < -0.39 is 5.41 Å². The van der Waals surface area contributed by atoms with Crippen LogP contribution in [-0.4, -0.2) is 0 Å². The number of benzene rings is 10. The summed E-state index contributed by atoms with van der Waals surface area (Å²) < 4.78 is 14.0. The Bertz CT molecular complexity index is 3680. The molecule has 64 heavy (non-hydrogen) atoms. The monoisotopic (exact) mass is 817 g/mol. The number of furan rings is 2. The highest BCUT2D eigenvalue weighted by Crippen LogP contribution is 2.58. The van der Waals surface area contributed by atoms with Crippen molar-refractivity contribution >= 4 is 60.9 Å². The Morgan fingerprint density at radius 1 is 0.344 bits per heavy atom. The molecule has 0 bridgehead atoms. The van der Waals surface area contributed by atoms with Crippen LogP contribution in [0.5, 0.6) is 0 Å². The van der Waals surface area contributed by atoms with E-state index in [9.17, 15) is 0 Å². The van der Waals surface area contributed by atoms with Gasteiger partial charge >= 0.3 is 0 Å². The first-order valence-electron chi connectivity index (χ1n) is 21.9. The zero-order valence-corrected chi connectivity index (χ0v) is 34.8. The number of anilines is 3. The molecule has 0 spiro atoms. The van der Waals surface area contributed by atoms with Gasteiger partial charge in [-0.3, -0.25) is 0 Å². The average molecular weight is 818 g/mol. The van der Waals surface area contributed by atoms with Crippen molar-refractivity contribution in [2.45, 2.75) is 5.41 Å². The molecule has 0 aliphatic heterocycles. The molecule has 0 N–H and O–H groups in total. The van der Waals surface area contributed by atoms with E-state index in [-0.39, 0.29) is 0 Å². The summed E-state index contributed by atoms with van der Waals surface area (Å²) in [7, 11) is 0. The van der Waals surface area contributed by atoms with Gasteiger partial charge in [0.25, 0.3) is 0 Å². The fourth-order valence-electron chi connectivity index (χ4n) is 10.7. The summed E-state index contributed by atoms with van der Waals surface area (Å²) in [6.07, 6.45) is 0. The van der Waals surface area contributed by atoms with Crippen molar-refractivity contribution < 1.29 is 8.83 Å². The molecule has 0 saturated heterocycles. The second kappa shape index (κ2) is 14.3. The number of hydrogen-bond acceptors (Lipinski definition) is 3. The van der Waals surface area contributed by atoms with E-state index in [4.69, 9.17) is 8.83 Å². The smallest absolute Gasteiger partial charge is 0.159 e. The third-order valence-electron chi connectivity index (χ3n) is 13.3. The number of hydrogen-bond donors (Lipinski definition) is 0. The van der Waals surface area contributed by atoms with Crippen LogP contribution >= 0.6 is 0 Å². The van der Waals surface area contributed by atoms with Gasteiger partial charge in [-0.05, 0) is 80.9 Å². The van der Waals surface area contributed by atoms with Crippen LogP contribution in [0.4, 0.5) is 17.1 Å². The molecule has 0 unspecified atom stereocenters. The van der Waals surface area contributed by atoms with Gasteiger partial charge in [0.15, 0.2) is 5.58 Å². The maximum atomic E-state index is 7.40. The molecule has 3 heteroatoms. The third kappa shape index (κ3) is 5.28. The summed E-state index contributed by atoms with van der Waals surface area (Å²) in [5, 5.41) is 4.15. The molecular weight excluding hydrogens is 779 g/mol. The summed E-state index contributed by atoms with van der Waals surface area (Å²) in [4.78, 5) is 2.42. The predicted octanol–water partition coefficient (Wildman–Crippen LogP) is 16.7. The van der Waals surface area contributed by atoms with E-state index in [1.807, 2.05) is 12.1 Å². The molecule has 12 aromatic rings. The second-order valence-electron chi connectivity index (χ2n) is 16.7. The molecule has 0 fully saturated rings. The van der Waals surface area contributed by atoms with Crippen molar-refractivity contribution in [3.8, 4) is 33.4 Å². The summed E-state index contributed by atoms with van der Waals surface area (Å²) in [5.41, 5.74) is 17.6. The van der Waals surface area contributed by atoms with Crippen LogP contribution in [0.2, 0.25) is 0 Å². The number of fused-ring (bicyclic) bond motifs is 9. The molecule has 2 heterocycles. The fourth-order valence-corrected chi connectivity index (χ4v) is 10.7. The normalized spacial score (nSPS) is 12.8. The van der Waals surface area contributed by atoms with Crippen LogP contribution in [-0.2, 0) is 5.41 Å². The highest BCUT2D eigenvalue weighted by molar-refractivity contribution is 6.24. The number of nitrogens with zero attached hydrogens (tertiary/aromatic N) is 1. The van der Waals surface area contributed by atoms with Crippen LogP contribution < -0.4 is 4.90 Å². The van der Waals surface area contributed by atoms with Crippen LogP contribution in [0.15, 0.2) is 245 Å². The fraction of sp³-hybridized carbons (Fsp3) is 0.0164. The SMILES string of the molecule is c1ccc(-c2ccccc2N(c2ccc3c(c2)C(c2ccccc2)(c2ccccc2)c2ccccc2-3)c2cccc3c2oc2c(-c4ccccc4)c4c(cc23)oc2ccccc24)cc1. The van der Waals surface area contributed by atoms with Crippen molar-refractivity contribution in [3.63, 3.8) is 0 Å². The standard InChI is InChI=1S/C61H39NO2/c1-5-20-40(21-6-1)45-28-14-17-33-53(45)62(44-36-37-47-46-29-13-16-32-51(46)61(52(47)38-44,42-24-9-3-10-25-42)43-26-11-4-12-27-43)54-34-19-31-48-50-39-56-58(49-30-15-18-35-55(49)63-56)57(60(50)64-59(48)54)41-22-7-2-8-23-41/h1-39H. The van der Waals surface area contributed by atoms with Crippen molar-refractivity contribution in [1.82, 2.24) is 0 Å². The van der Waals surface area contributed by atoms with Crippen molar-refractivity contribution in [2.75, 3.05) is 4.90 Å². The lowest BCUT2D eigenvalue weighted by atomic mass is 9.67. The number of para-hydroxylation sites is 3. The highest BCUT2D eigenvalue weighted by atomic mass is 16.3. The Balaban J connectivity index is 1.13. The minimum absolute atomic E-state index is 0.568. The maximum absolute atomic E-state index is 7.40. The molecule has 2 aromatic heterocycles. The molecular formula is C61H39NO2. The molecule has 1 aliphatic carbocycles. The molecule has 0 amide bonds. The summed E-state index contributed by atoms with van der Waals surface area (Å²) in [6.45, 7) is 0. The van der Waals surface area contributed by atoms with Gasteiger partial charge in [-0.25, -0.2) is 0 Å². The Kier molecular flexibility index (Phi) is 8.13. The lowest BCUT2D eigenvalue weighted by Crippen LogP contribution is -2.28. The Labute approximate surface area is 370 Å². The van der Waals surface area contributed by atoms with E-state index in [1.54, 1.807) is 0 Å². The first kappa shape index (κ1) is 36.3. The van der Waals surface area contributed by atoms with E-state index >= 15 is 0 Å². The van der Waals surface area contributed by atoms with E-state index in [2.05, 4.69) is 229 Å². The third-order valence-corrected chi connectivity index (χ3v) is 13.3. The Hall–Kier alpha value is -8.40. The van der Waals surface area contributed by atoms with Gasteiger partial charge in [0.2, 0.25) is 0 Å². The van der Waals surface area contributed by atoms with Gasteiger partial charge in [0.05, 0.1) is 16.8 Å². The van der Waals surface area contributed by atoms with Crippen molar-refractivity contribution in [3.05, 3.63) is 259 Å². The zero-order chi connectivity index (χ0) is 42.2. The molecule has 10 aromatic carbocycles. The summed E-state index contributed by atoms with van der Waals surface area (Å²) >= 11 is 0. The average Bonchev–Trinajstić information content (AvgIpc) is 4.03. The molecule has 13 rings (SSSR count). The Morgan fingerprint density at radius 3 is 1.67 bits per heavy atom. The quantitative estimate of drug-likeness (QED) is 0.160. The zero-order valence-electron chi connectivity index (χ0n) is 34.8. The van der Waals surface area contributed by atoms with E-state index in [0.29, 0.717) is 0 Å². The lowest BCUT2D eigenvalue weighted by molar-refractivity contribution is 0.665. The minimum Gasteiger partial charge on any atom is -0.456 e. The largest absolute Gasteiger partial charge is 0.456 e. The molecule has 3 nitrogen and oxygen atoms in total. The Morgan fingerprint density at radius 2 is 0.922 bits per heavy atom. The minimum atomic E-state index is -0.568. The molecule has 0 atom stereocenters. The van der Waals surface area contributed by atoms with Gasteiger partial charge in [-0.1, -0.05) is 200 Å². The first-order chi connectivity index (χ1) is 31.8. The lowest BCUT2D eigenvalue weighted by Gasteiger charge is -2.35. The predicted molar refractivity (Wildman–Crippen MR) is 264 cm³/mol. The van der Waals surface area contributed by atoms with Crippen molar-refractivity contribution in [1.29, 1.82) is 0 Å². The van der Waals surface area contributed by atoms with E-state index in [1.165, 1.54) is 33.4 Å². The topological polar surface area (TPSA) is 29.5 Å². The second-order valence-corrected chi connectivity index (χ2v) is 16.7. The first-order valence-corrected chi connectivity index (χ1v) is 21.9. The maximum Gasteiger partial charge on any atom is 0.159 e. The number of rotatable bonds is 7. The van der Waals surface area contributed by atoms with Gasteiger partial charge < -0.3 is 13.7 Å². The molecule has 300 valence electrons. The van der Waals surface area contributed by atoms with Gasteiger partial charge in [0, 0.05) is 38.4 Å². The molecule has 1 aliphatic rings. The van der Waals surface area contributed by atoms with E-state index in [0.717, 1.165) is 83.2 Å². The summed E-state index contributed by atoms with van der Waals surface area (Å²) in [6, 6.07) is 85.1. The highest BCUT2D eigenvalue weighted by Gasteiger charge is 2.46. The molecule has 0 radical (unpaired) electrons. The van der Waals surface area contributed by atoms with Crippen molar-refractivity contribution in [2.24, 2.45) is 0 Å².